The summed E-state index contributed by atoms with van der Waals surface area (Å²) < 4.78 is 4.23. The van der Waals surface area contributed by atoms with Crippen molar-refractivity contribution < 1.29 is 4.79 Å². The number of aliphatic imine (C=N–C) groups is 1. The lowest BCUT2D eigenvalue weighted by molar-refractivity contribution is 0.0394. The van der Waals surface area contributed by atoms with Crippen LogP contribution in [-0.2, 0) is 4.79 Å². The fraction of sp³-hybridized carbons (Fsp3) is 0.882. The molecule has 10 nitrogen and oxygen atoms in total. The van der Waals surface area contributed by atoms with Gasteiger partial charge in [-0.3, -0.25) is 0 Å². The molecule has 0 saturated heterocycles. The first-order valence-corrected chi connectivity index (χ1v) is 16.5. The van der Waals surface area contributed by atoms with Crippen LogP contribution in [0.2, 0.25) is 0 Å². The Morgan fingerprint density at radius 2 is 0.886 bits per heavy atom. The highest BCUT2D eigenvalue weighted by Crippen LogP contribution is 2.52. The molecule has 0 radical (unpaired) electrons. The largest absolute Gasteiger partial charge is 0.336 e. The van der Waals surface area contributed by atoms with Gasteiger partial charge >= 0.3 is 17.1 Å². The van der Waals surface area contributed by atoms with Crippen LogP contribution in [0.15, 0.2) is 19.4 Å². The van der Waals surface area contributed by atoms with E-state index in [2.05, 4.69) is 67.3 Å². The van der Waals surface area contributed by atoms with Gasteiger partial charge in [0.2, 0.25) is 6.08 Å². The Hall–Kier alpha value is -2.29. The average Bonchev–Trinajstić information content (AvgIpc) is 2.84. The Kier molecular flexibility index (Phi) is 9.04. The smallest absolute Gasteiger partial charge is 0.330 e. The number of rotatable bonds is 7. The fourth-order valence-electron chi connectivity index (χ4n) is 10.5. The number of aromatic nitrogens is 3. The third kappa shape index (κ3) is 6.92. The lowest BCUT2D eigenvalue weighted by Crippen LogP contribution is -2.60. The maximum absolute atomic E-state index is 14.7. The van der Waals surface area contributed by atoms with Crippen molar-refractivity contribution in [1.29, 1.82) is 0 Å². The lowest BCUT2D eigenvalue weighted by atomic mass is 9.62. The summed E-state index contributed by atoms with van der Waals surface area (Å²) in [5.41, 5.74) is 9.63. The first-order valence-electron chi connectivity index (χ1n) is 16.5. The van der Waals surface area contributed by atoms with Gasteiger partial charge in [0.1, 0.15) is 0 Å². The molecule has 0 aliphatic heterocycles. The van der Waals surface area contributed by atoms with E-state index in [9.17, 15) is 19.2 Å². The second-order valence-corrected chi connectivity index (χ2v) is 18.4. The third-order valence-corrected chi connectivity index (χ3v) is 11.1. The van der Waals surface area contributed by atoms with E-state index in [0.717, 1.165) is 19.3 Å². The molecule has 6 unspecified atom stereocenters. The van der Waals surface area contributed by atoms with Crippen LogP contribution in [0, 0.1) is 32.5 Å². The molecule has 0 spiro atoms. The zero-order valence-corrected chi connectivity index (χ0v) is 28.8. The SMILES string of the molecule is CC1(C)CC(n2c(=O)n(C3CC(C)(C)CC(C)(CN)C3)c(=O)n(C3CC(C)(C)CC(C)(CN=C=O)C3)c2=O)CC(C)(CN)C1. The molecule has 3 aliphatic carbocycles. The number of nitrogens with two attached hydrogens (primary N) is 2. The Bertz CT molecular complexity index is 1400. The van der Waals surface area contributed by atoms with Crippen molar-refractivity contribution in [2.75, 3.05) is 19.6 Å². The van der Waals surface area contributed by atoms with E-state index in [0.29, 0.717) is 51.6 Å². The molecule has 1 aromatic rings. The Morgan fingerprint density at radius 1 is 0.591 bits per heavy atom. The summed E-state index contributed by atoms with van der Waals surface area (Å²) in [4.78, 5) is 59.0. The fourth-order valence-corrected chi connectivity index (χ4v) is 10.5. The van der Waals surface area contributed by atoms with Crippen LogP contribution in [0.5, 0.6) is 0 Å². The van der Waals surface area contributed by atoms with E-state index in [-0.39, 0.29) is 45.7 Å². The van der Waals surface area contributed by atoms with E-state index in [1.54, 1.807) is 6.08 Å². The van der Waals surface area contributed by atoms with Crippen molar-refractivity contribution in [3.05, 3.63) is 31.5 Å². The Morgan fingerprint density at radius 3 is 1.18 bits per heavy atom. The van der Waals surface area contributed by atoms with Crippen LogP contribution in [0.3, 0.4) is 0 Å². The summed E-state index contributed by atoms with van der Waals surface area (Å²) >= 11 is 0. The van der Waals surface area contributed by atoms with Crippen LogP contribution in [0.4, 0.5) is 0 Å². The predicted octanol–water partition coefficient (Wildman–Crippen LogP) is 4.70. The summed E-state index contributed by atoms with van der Waals surface area (Å²) in [5.74, 6) is 0. The molecule has 4 rings (SSSR count). The molecule has 3 fully saturated rings. The molecule has 1 aromatic heterocycles. The van der Waals surface area contributed by atoms with Crippen LogP contribution in [0.25, 0.3) is 0 Å². The highest BCUT2D eigenvalue weighted by Gasteiger charge is 2.47. The van der Waals surface area contributed by atoms with Crippen LogP contribution >= 0.6 is 0 Å². The highest BCUT2D eigenvalue weighted by atomic mass is 16.2. The molecule has 248 valence electrons. The second kappa shape index (κ2) is 11.5. The zero-order chi connectivity index (χ0) is 33.1. The first-order chi connectivity index (χ1) is 20.1. The molecular formula is C34H58N6O4. The molecule has 0 aromatic carbocycles. The van der Waals surface area contributed by atoms with Gasteiger partial charge in [-0.1, -0.05) is 62.3 Å². The minimum atomic E-state index is -0.529. The zero-order valence-electron chi connectivity index (χ0n) is 28.8. The molecule has 6 atom stereocenters. The topological polar surface area (TPSA) is 147 Å². The number of carbonyl (C=O) groups excluding carboxylic acids is 1. The van der Waals surface area contributed by atoms with Crippen molar-refractivity contribution >= 4 is 6.08 Å². The summed E-state index contributed by atoms with van der Waals surface area (Å²) in [6.07, 6.45) is 7.85. The van der Waals surface area contributed by atoms with Gasteiger partial charge in [0, 0.05) is 18.1 Å². The molecule has 1 heterocycles. The molecular weight excluding hydrogens is 556 g/mol. The van der Waals surface area contributed by atoms with Crippen molar-refractivity contribution in [3.63, 3.8) is 0 Å². The van der Waals surface area contributed by atoms with Gasteiger partial charge in [-0.25, -0.2) is 37.9 Å². The Labute approximate surface area is 262 Å². The summed E-state index contributed by atoms with van der Waals surface area (Å²) in [6.45, 7) is 20.5. The summed E-state index contributed by atoms with van der Waals surface area (Å²) in [6, 6.07) is -1.21. The van der Waals surface area contributed by atoms with E-state index in [1.807, 2.05) is 0 Å². The van der Waals surface area contributed by atoms with Crippen molar-refractivity contribution in [2.24, 2.45) is 48.9 Å². The maximum Gasteiger partial charge on any atom is 0.336 e. The van der Waals surface area contributed by atoms with Crippen LogP contribution < -0.4 is 28.5 Å². The third-order valence-electron chi connectivity index (χ3n) is 11.1. The van der Waals surface area contributed by atoms with Gasteiger partial charge in [-0.05, 0) is 103 Å². The first kappa shape index (κ1) is 34.6. The van der Waals surface area contributed by atoms with E-state index < -0.39 is 28.5 Å². The van der Waals surface area contributed by atoms with E-state index >= 15 is 0 Å². The second-order valence-electron chi connectivity index (χ2n) is 18.4. The lowest BCUT2D eigenvalue weighted by Gasteiger charge is -2.48. The van der Waals surface area contributed by atoms with Gasteiger partial charge in [0.15, 0.2) is 0 Å². The summed E-state index contributed by atoms with van der Waals surface area (Å²) in [7, 11) is 0. The molecule has 10 heteroatoms. The van der Waals surface area contributed by atoms with E-state index in [4.69, 9.17) is 11.5 Å². The van der Waals surface area contributed by atoms with Gasteiger partial charge in [0.25, 0.3) is 0 Å². The predicted molar refractivity (Wildman–Crippen MR) is 175 cm³/mol. The molecule has 0 amide bonds. The normalized spacial score (nSPS) is 36.4. The number of hydrogen-bond acceptors (Lipinski definition) is 7. The maximum atomic E-state index is 14.7. The van der Waals surface area contributed by atoms with Crippen molar-refractivity contribution in [1.82, 2.24) is 13.7 Å². The van der Waals surface area contributed by atoms with Gasteiger partial charge in [-0.2, -0.15) is 0 Å². The molecule has 3 aliphatic rings. The highest BCUT2D eigenvalue weighted by molar-refractivity contribution is 5.33. The number of isocyanates is 1. The van der Waals surface area contributed by atoms with Gasteiger partial charge in [-0.15, -0.1) is 0 Å². The average molecular weight is 615 g/mol. The minimum absolute atomic E-state index is 0.141. The summed E-state index contributed by atoms with van der Waals surface area (Å²) in [5, 5.41) is 0. The van der Waals surface area contributed by atoms with E-state index in [1.165, 1.54) is 13.7 Å². The molecule has 3 saturated carbocycles. The molecule has 44 heavy (non-hydrogen) atoms. The number of nitrogens with zero attached hydrogens (tertiary/aromatic N) is 4. The monoisotopic (exact) mass is 614 g/mol. The standard InChI is InChI=1S/C34H58N6O4/c1-29(2)10-23(13-32(7,16-29)19-35)38-26(42)39(24-11-30(3,4)17-33(8,14-24)20-36)28(44)40(27(38)43)25-12-31(5,6)18-34(9,15-25)21-37-22-41/h23-25H,10-21,35-36H2,1-9H3. The molecule has 0 bridgehead atoms. The van der Waals surface area contributed by atoms with Crippen molar-refractivity contribution in [3.8, 4) is 0 Å². The quantitative estimate of drug-likeness (QED) is 0.336. The van der Waals surface area contributed by atoms with Crippen molar-refractivity contribution in [2.45, 2.75) is 138 Å². The van der Waals surface area contributed by atoms with Crippen LogP contribution in [0.1, 0.15) is 138 Å². The minimum Gasteiger partial charge on any atom is -0.330 e. The van der Waals surface area contributed by atoms with Gasteiger partial charge in [0.05, 0.1) is 6.54 Å². The van der Waals surface area contributed by atoms with Gasteiger partial charge < -0.3 is 11.5 Å². The molecule has 4 N–H and O–H groups in total. The van der Waals surface area contributed by atoms with Crippen LogP contribution in [-0.4, -0.2) is 39.4 Å². The Balaban J connectivity index is 2.00. The number of hydrogen-bond donors (Lipinski definition) is 2.